The Morgan fingerprint density at radius 2 is 2.05 bits per heavy atom. The fourth-order valence-electron chi connectivity index (χ4n) is 2.22. The number of rotatable bonds is 3. The van der Waals surface area contributed by atoms with Gasteiger partial charge in [0, 0.05) is 11.6 Å². The minimum absolute atomic E-state index is 0.375. The van der Waals surface area contributed by atoms with Crippen molar-refractivity contribution in [2.24, 2.45) is 0 Å². The first-order valence-corrected chi connectivity index (χ1v) is 6.33. The molecule has 0 bridgehead atoms. The van der Waals surface area contributed by atoms with Crippen molar-refractivity contribution in [3.05, 3.63) is 36.5 Å². The first-order valence-electron chi connectivity index (χ1n) is 6.33. The summed E-state index contributed by atoms with van der Waals surface area (Å²) in [6.07, 6.45) is -2.49. The van der Waals surface area contributed by atoms with Crippen molar-refractivity contribution in [2.45, 2.75) is 24.6 Å². The van der Waals surface area contributed by atoms with Gasteiger partial charge in [-0.1, -0.05) is 6.07 Å². The highest BCUT2D eigenvalue weighted by Crippen LogP contribution is 2.26. The Balaban J connectivity index is 1.79. The molecule has 3 N–H and O–H groups in total. The first kappa shape index (κ1) is 13.3. The number of aromatic nitrogens is 1. The summed E-state index contributed by atoms with van der Waals surface area (Å²) in [5.41, 5.74) is 0.834. The lowest BCUT2D eigenvalue weighted by molar-refractivity contribution is -0.116. The van der Waals surface area contributed by atoms with Gasteiger partial charge in [-0.05, 0) is 24.3 Å². The van der Waals surface area contributed by atoms with E-state index in [-0.39, 0.29) is 6.61 Å². The van der Waals surface area contributed by atoms with E-state index in [1.54, 1.807) is 24.4 Å². The van der Waals surface area contributed by atoms with E-state index in [1.807, 2.05) is 12.1 Å². The number of hydrogen-bond donors (Lipinski definition) is 3. The van der Waals surface area contributed by atoms with Crippen LogP contribution < -0.4 is 4.74 Å². The van der Waals surface area contributed by atoms with Crippen LogP contribution in [-0.4, -0.2) is 51.5 Å². The number of nitrogens with zero attached hydrogens (tertiary/aromatic N) is 1. The van der Waals surface area contributed by atoms with E-state index in [0.717, 1.165) is 10.9 Å². The van der Waals surface area contributed by atoms with Crippen LogP contribution in [0.1, 0.15) is 0 Å². The highest BCUT2D eigenvalue weighted by molar-refractivity contribution is 5.79. The minimum Gasteiger partial charge on any atom is -0.462 e. The van der Waals surface area contributed by atoms with Gasteiger partial charge in [-0.25, -0.2) is 0 Å². The summed E-state index contributed by atoms with van der Waals surface area (Å²) < 4.78 is 10.8. The van der Waals surface area contributed by atoms with E-state index < -0.39 is 24.6 Å². The molecule has 1 aliphatic heterocycles. The lowest BCUT2D eigenvalue weighted by atomic mass is 10.1. The number of hydrogen-bond acceptors (Lipinski definition) is 6. The zero-order valence-corrected chi connectivity index (χ0v) is 10.6. The molecule has 1 saturated heterocycles. The zero-order valence-electron chi connectivity index (χ0n) is 10.6. The van der Waals surface area contributed by atoms with E-state index in [9.17, 15) is 10.2 Å². The van der Waals surface area contributed by atoms with E-state index in [1.165, 1.54) is 0 Å². The summed E-state index contributed by atoms with van der Waals surface area (Å²) in [5, 5.41) is 29.4. The fourth-order valence-corrected chi connectivity index (χ4v) is 2.22. The fraction of sp³-hybridized carbons (Fsp3) is 0.357. The van der Waals surface area contributed by atoms with Gasteiger partial charge in [0.2, 0.25) is 6.29 Å². The molecule has 4 atom stereocenters. The van der Waals surface area contributed by atoms with Gasteiger partial charge >= 0.3 is 0 Å². The first-order chi connectivity index (χ1) is 9.69. The third kappa shape index (κ3) is 2.34. The molecule has 0 aliphatic carbocycles. The van der Waals surface area contributed by atoms with Gasteiger partial charge in [-0.2, -0.15) is 0 Å². The summed E-state index contributed by atoms with van der Waals surface area (Å²) in [4.78, 5) is 4.20. The van der Waals surface area contributed by atoms with Crippen LogP contribution in [0.25, 0.3) is 10.9 Å². The van der Waals surface area contributed by atoms with Crippen LogP contribution in [0.15, 0.2) is 36.5 Å². The third-order valence-corrected chi connectivity index (χ3v) is 3.33. The predicted molar refractivity (Wildman–Crippen MR) is 70.1 cm³/mol. The predicted octanol–water partition coefficient (Wildman–Crippen LogP) is 0.0526. The summed E-state index contributed by atoms with van der Waals surface area (Å²) >= 11 is 0. The highest BCUT2D eigenvalue weighted by Gasteiger charge is 2.43. The topological polar surface area (TPSA) is 92.0 Å². The Kier molecular flexibility index (Phi) is 3.54. The SMILES string of the molecule is OC[C@H]1O[C@@H](Oc2ccc3ncccc3c2)[C@H](O)[C@H]1O. The molecule has 6 nitrogen and oxygen atoms in total. The largest absolute Gasteiger partial charge is 0.462 e. The molecule has 0 unspecified atom stereocenters. The Morgan fingerprint density at radius 3 is 2.80 bits per heavy atom. The number of fused-ring (bicyclic) bond motifs is 1. The van der Waals surface area contributed by atoms with Crippen molar-refractivity contribution in [3.63, 3.8) is 0 Å². The molecule has 0 saturated carbocycles. The van der Waals surface area contributed by atoms with Crippen LogP contribution >= 0.6 is 0 Å². The summed E-state index contributed by atoms with van der Waals surface area (Å²) in [6, 6.07) is 9.00. The summed E-state index contributed by atoms with van der Waals surface area (Å²) in [5.74, 6) is 0.500. The summed E-state index contributed by atoms with van der Waals surface area (Å²) in [6.45, 7) is -0.375. The molecule has 1 aromatic carbocycles. The zero-order chi connectivity index (χ0) is 14.1. The van der Waals surface area contributed by atoms with Crippen molar-refractivity contribution in [1.82, 2.24) is 4.98 Å². The van der Waals surface area contributed by atoms with Crippen LogP contribution in [0.4, 0.5) is 0 Å². The van der Waals surface area contributed by atoms with E-state index in [0.29, 0.717) is 5.75 Å². The number of benzene rings is 1. The minimum atomic E-state index is -1.20. The normalized spacial score (nSPS) is 29.8. The average molecular weight is 277 g/mol. The maximum atomic E-state index is 9.81. The van der Waals surface area contributed by atoms with Crippen LogP contribution in [0.2, 0.25) is 0 Å². The molecule has 1 fully saturated rings. The highest BCUT2D eigenvalue weighted by atomic mass is 16.7. The van der Waals surface area contributed by atoms with Crippen molar-refractivity contribution in [3.8, 4) is 5.75 Å². The third-order valence-electron chi connectivity index (χ3n) is 3.33. The number of pyridine rings is 1. The van der Waals surface area contributed by atoms with Crippen molar-refractivity contribution >= 4 is 10.9 Å². The van der Waals surface area contributed by atoms with Gasteiger partial charge in [-0.3, -0.25) is 4.98 Å². The molecule has 20 heavy (non-hydrogen) atoms. The Labute approximate surface area is 115 Å². The molecule has 2 aromatic rings. The Morgan fingerprint density at radius 1 is 1.20 bits per heavy atom. The van der Waals surface area contributed by atoms with E-state index in [2.05, 4.69) is 4.98 Å². The Bertz CT molecular complexity index is 605. The maximum Gasteiger partial charge on any atom is 0.229 e. The number of aliphatic hydroxyl groups is 3. The molecule has 0 amide bonds. The Hall–Kier alpha value is -1.73. The standard InChI is InChI=1S/C14H15NO5/c16-7-11-12(17)13(18)14(20-11)19-9-3-4-10-8(6-9)2-1-5-15-10/h1-6,11-14,16-18H,7H2/t11-,12+,13-,14-/m1/s1. The number of ether oxygens (including phenoxy) is 2. The monoisotopic (exact) mass is 277 g/mol. The smallest absolute Gasteiger partial charge is 0.229 e. The van der Waals surface area contributed by atoms with Crippen molar-refractivity contribution in [1.29, 1.82) is 0 Å². The summed E-state index contributed by atoms with van der Waals surface area (Å²) in [7, 11) is 0. The van der Waals surface area contributed by atoms with Gasteiger partial charge in [0.15, 0.2) is 0 Å². The average Bonchev–Trinajstić information content (AvgIpc) is 2.75. The van der Waals surface area contributed by atoms with Gasteiger partial charge in [0.05, 0.1) is 12.1 Å². The van der Waals surface area contributed by atoms with Gasteiger partial charge in [0.25, 0.3) is 0 Å². The molecule has 1 aliphatic rings. The van der Waals surface area contributed by atoms with Crippen LogP contribution in [0.5, 0.6) is 5.75 Å². The molecule has 3 rings (SSSR count). The molecule has 6 heteroatoms. The van der Waals surface area contributed by atoms with E-state index in [4.69, 9.17) is 14.6 Å². The van der Waals surface area contributed by atoms with Crippen molar-refractivity contribution in [2.75, 3.05) is 6.61 Å². The molecule has 2 heterocycles. The second kappa shape index (κ2) is 5.34. The molecule has 1 aromatic heterocycles. The molecule has 0 radical (unpaired) electrons. The second-order valence-corrected chi connectivity index (χ2v) is 4.68. The van der Waals surface area contributed by atoms with Gasteiger partial charge < -0.3 is 24.8 Å². The molecular weight excluding hydrogens is 262 g/mol. The number of aliphatic hydroxyl groups excluding tert-OH is 3. The lowest BCUT2D eigenvalue weighted by Crippen LogP contribution is -2.35. The molecule has 106 valence electrons. The lowest BCUT2D eigenvalue weighted by Gasteiger charge is -2.17. The molecular formula is C14H15NO5. The van der Waals surface area contributed by atoms with Crippen LogP contribution in [-0.2, 0) is 4.74 Å². The van der Waals surface area contributed by atoms with Gasteiger partial charge in [0.1, 0.15) is 24.1 Å². The molecule has 0 spiro atoms. The van der Waals surface area contributed by atoms with Gasteiger partial charge in [-0.15, -0.1) is 0 Å². The quantitative estimate of drug-likeness (QED) is 0.734. The van der Waals surface area contributed by atoms with Crippen molar-refractivity contribution < 1.29 is 24.8 Å². The second-order valence-electron chi connectivity index (χ2n) is 4.68. The van der Waals surface area contributed by atoms with Crippen LogP contribution in [0, 0.1) is 0 Å². The van der Waals surface area contributed by atoms with E-state index >= 15 is 0 Å². The van der Waals surface area contributed by atoms with Crippen LogP contribution in [0.3, 0.4) is 0 Å². The maximum absolute atomic E-state index is 9.81.